The smallest absolute Gasteiger partial charge is 0.280 e. The van der Waals surface area contributed by atoms with E-state index in [-0.39, 0.29) is 16.4 Å². The van der Waals surface area contributed by atoms with Gasteiger partial charge in [-0.05, 0) is 43.0 Å². The third kappa shape index (κ3) is 6.94. The lowest BCUT2D eigenvalue weighted by Gasteiger charge is -2.22. The molecule has 0 atom stereocenters. The van der Waals surface area contributed by atoms with Gasteiger partial charge in [0.15, 0.2) is 5.01 Å². The number of pyridine rings is 1. The van der Waals surface area contributed by atoms with Crippen molar-refractivity contribution in [2.45, 2.75) is 19.3 Å². The third-order valence-corrected chi connectivity index (χ3v) is 6.60. The Balaban J connectivity index is 1.73. The van der Waals surface area contributed by atoms with Crippen molar-refractivity contribution in [3.05, 3.63) is 58.5 Å². The van der Waals surface area contributed by atoms with E-state index in [2.05, 4.69) is 37.3 Å². The minimum Gasteiger partial charge on any atom is -0.494 e. The summed E-state index contributed by atoms with van der Waals surface area (Å²) in [5, 5.41) is 11.6. The van der Waals surface area contributed by atoms with Crippen molar-refractivity contribution in [3.8, 4) is 28.7 Å². The SMILES string of the molecule is CN=C/C(=C\N)CN(C)c1ccc(C(=O)Nc2nnc(C#CC3CC3)s2)c(-c2cc(C(F)F)ncc2OC)c1. The van der Waals surface area contributed by atoms with Gasteiger partial charge in [0, 0.05) is 66.9 Å². The fraction of sp³-hybridized carbons (Fsp3) is 0.296. The van der Waals surface area contributed by atoms with Gasteiger partial charge in [-0.15, -0.1) is 10.2 Å². The highest BCUT2D eigenvalue weighted by atomic mass is 32.1. The fourth-order valence-corrected chi connectivity index (χ4v) is 4.29. The van der Waals surface area contributed by atoms with E-state index in [1.165, 1.54) is 25.6 Å². The number of carbonyl (C=O) groups is 1. The number of halogens is 2. The summed E-state index contributed by atoms with van der Waals surface area (Å²) in [6, 6.07) is 6.33. The number of benzene rings is 1. The van der Waals surface area contributed by atoms with Crippen molar-refractivity contribution < 1.29 is 18.3 Å². The maximum absolute atomic E-state index is 13.6. The van der Waals surface area contributed by atoms with E-state index >= 15 is 0 Å². The molecule has 1 aliphatic rings. The van der Waals surface area contributed by atoms with Crippen LogP contribution in [-0.4, -0.2) is 55.1 Å². The van der Waals surface area contributed by atoms with Crippen LogP contribution >= 0.6 is 11.3 Å². The van der Waals surface area contributed by atoms with Gasteiger partial charge in [0.25, 0.3) is 12.3 Å². The van der Waals surface area contributed by atoms with Gasteiger partial charge in [-0.1, -0.05) is 17.3 Å². The monoisotopic (exact) mass is 551 g/mol. The number of hydrogen-bond donors (Lipinski definition) is 2. The normalized spacial score (nSPS) is 13.3. The zero-order chi connectivity index (χ0) is 27.9. The molecule has 0 unspecified atom stereocenters. The van der Waals surface area contributed by atoms with Crippen LogP contribution in [0.4, 0.5) is 19.6 Å². The van der Waals surface area contributed by atoms with Crippen LogP contribution in [0.2, 0.25) is 0 Å². The van der Waals surface area contributed by atoms with Gasteiger partial charge >= 0.3 is 0 Å². The molecule has 39 heavy (non-hydrogen) atoms. The molecule has 0 aliphatic heterocycles. The molecule has 12 heteroatoms. The topological polar surface area (TPSA) is 119 Å². The third-order valence-electron chi connectivity index (χ3n) is 5.85. The Labute approximate surface area is 228 Å². The predicted octanol–water partition coefficient (Wildman–Crippen LogP) is 4.54. The van der Waals surface area contributed by atoms with E-state index in [1.807, 2.05) is 11.9 Å². The maximum atomic E-state index is 13.6. The molecule has 2 aromatic heterocycles. The van der Waals surface area contributed by atoms with Gasteiger partial charge in [-0.2, -0.15) is 0 Å². The number of nitrogens with two attached hydrogens (primary N) is 1. The second-order valence-corrected chi connectivity index (χ2v) is 9.71. The number of likely N-dealkylation sites (N-methyl/N-ethyl adjacent to an activating group) is 1. The first-order chi connectivity index (χ1) is 18.8. The number of methoxy groups -OCH3 is 1. The van der Waals surface area contributed by atoms with Gasteiger partial charge in [0.1, 0.15) is 11.4 Å². The summed E-state index contributed by atoms with van der Waals surface area (Å²) in [5.41, 5.74) is 7.64. The van der Waals surface area contributed by atoms with E-state index in [9.17, 15) is 13.6 Å². The van der Waals surface area contributed by atoms with E-state index in [1.54, 1.807) is 31.5 Å². The molecule has 1 aliphatic carbocycles. The van der Waals surface area contributed by atoms with Crippen LogP contribution in [0.3, 0.4) is 0 Å². The molecule has 1 saturated carbocycles. The number of aliphatic imine (C=N–C) groups is 1. The zero-order valence-corrected chi connectivity index (χ0v) is 22.4. The fourth-order valence-electron chi connectivity index (χ4n) is 3.69. The van der Waals surface area contributed by atoms with Gasteiger partial charge in [0.05, 0.1) is 13.3 Å². The van der Waals surface area contributed by atoms with Crippen LogP contribution in [0.5, 0.6) is 5.75 Å². The lowest BCUT2D eigenvalue weighted by Crippen LogP contribution is -2.22. The Hall–Kier alpha value is -4.37. The Morgan fingerprint density at radius 2 is 2.13 bits per heavy atom. The number of nitrogens with zero attached hydrogens (tertiary/aromatic N) is 5. The maximum Gasteiger partial charge on any atom is 0.280 e. The zero-order valence-electron chi connectivity index (χ0n) is 21.6. The molecule has 0 spiro atoms. The Morgan fingerprint density at radius 1 is 1.33 bits per heavy atom. The lowest BCUT2D eigenvalue weighted by molar-refractivity contribution is 0.102. The van der Waals surface area contributed by atoms with Crippen molar-refractivity contribution in [2.75, 3.05) is 38.0 Å². The number of rotatable bonds is 9. The highest BCUT2D eigenvalue weighted by Gasteiger charge is 2.22. The van der Waals surface area contributed by atoms with E-state index in [0.717, 1.165) is 29.8 Å². The lowest BCUT2D eigenvalue weighted by atomic mass is 9.97. The number of carbonyl (C=O) groups excluding carboxylic acids is 1. The van der Waals surface area contributed by atoms with E-state index in [4.69, 9.17) is 10.5 Å². The number of aromatic nitrogens is 3. The van der Waals surface area contributed by atoms with Crippen LogP contribution in [0, 0.1) is 17.8 Å². The first kappa shape index (κ1) is 27.7. The molecule has 202 valence electrons. The summed E-state index contributed by atoms with van der Waals surface area (Å²) in [5.74, 6) is 6.25. The van der Waals surface area contributed by atoms with E-state index < -0.39 is 18.0 Å². The highest BCUT2D eigenvalue weighted by Crippen LogP contribution is 2.37. The van der Waals surface area contributed by atoms with Crippen molar-refractivity contribution in [1.29, 1.82) is 0 Å². The highest BCUT2D eigenvalue weighted by molar-refractivity contribution is 7.15. The second-order valence-electron chi connectivity index (χ2n) is 8.74. The first-order valence-electron chi connectivity index (χ1n) is 12.0. The molecule has 3 aromatic rings. The minimum atomic E-state index is -2.81. The number of amides is 1. The molecule has 2 heterocycles. The van der Waals surface area contributed by atoms with Crippen LogP contribution in [0.15, 0.2) is 47.2 Å². The van der Waals surface area contributed by atoms with Crippen molar-refractivity contribution >= 4 is 34.3 Å². The number of anilines is 2. The van der Waals surface area contributed by atoms with Crippen molar-refractivity contribution in [2.24, 2.45) is 16.6 Å². The summed E-state index contributed by atoms with van der Waals surface area (Å²) in [6.07, 6.45) is 3.69. The molecule has 3 N–H and O–H groups in total. The molecule has 9 nitrogen and oxygen atoms in total. The van der Waals surface area contributed by atoms with Crippen LogP contribution in [0.1, 0.15) is 40.3 Å². The molecule has 0 bridgehead atoms. The average molecular weight is 552 g/mol. The van der Waals surface area contributed by atoms with Gasteiger partial charge in [-0.25, -0.2) is 8.78 Å². The standard InChI is InChI=1S/C27H27F2N7O2S/c1-31-13-17(12-30)15-36(2)18-7-8-19(20(10-18)21-11-22(25(28)29)32-14-23(21)38-3)26(37)33-27-35-34-24(39-27)9-6-16-4-5-16/h7-8,10-14,16,25H,4-5,15,30H2,1-3H3,(H,33,35,37)/b17-12+,31-13?. The second kappa shape index (κ2) is 12.4. The quantitative estimate of drug-likeness (QED) is 0.296. The largest absolute Gasteiger partial charge is 0.494 e. The van der Waals surface area contributed by atoms with Crippen LogP contribution in [0.25, 0.3) is 11.1 Å². The summed E-state index contributed by atoms with van der Waals surface area (Å²) in [7, 11) is 4.89. The predicted molar refractivity (Wildman–Crippen MR) is 149 cm³/mol. The minimum absolute atomic E-state index is 0.224. The molecule has 4 rings (SSSR count). The van der Waals surface area contributed by atoms with Crippen molar-refractivity contribution in [3.63, 3.8) is 0 Å². The Kier molecular flexibility index (Phi) is 8.83. The summed E-state index contributed by atoms with van der Waals surface area (Å²) < 4.78 is 32.6. The Morgan fingerprint density at radius 3 is 2.79 bits per heavy atom. The molecule has 1 aromatic carbocycles. The number of ether oxygens (including phenoxy) is 1. The molecular weight excluding hydrogens is 524 g/mol. The van der Waals surface area contributed by atoms with Crippen LogP contribution in [-0.2, 0) is 0 Å². The molecule has 0 saturated heterocycles. The van der Waals surface area contributed by atoms with Gasteiger partial charge < -0.3 is 15.4 Å². The summed E-state index contributed by atoms with van der Waals surface area (Å²) in [4.78, 5) is 23.1. The molecular formula is C27H27F2N7O2S. The number of nitrogens with one attached hydrogen (secondary N) is 1. The summed E-state index contributed by atoms with van der Waals surface area (Å²) in [6.45, 7) is 0.421. The molecule has 1 amide bonds. The average Bonchev–Trinajstić information content (AvgIpc) is 3.67. The van der Waals surface area contributed by atoms with Gasteiger partial charge in [-0.3, -0.25) is 20.1 Å². The molecule has 1 fully saturated rings. The summed E-state index contributed by atoms with van der Waals surface area (Å²) >= 11 is 1.16. The number of hydrogen-bond acceptors (Lipinski definition) is 9. The Bertz CT molecular complexity index is 1470. The first-order valence-corrected chi connectivity index (χ1v) is 12.8. The van der Waals surface area contributed by atoms with E-state index in [0.29, 0.717) is 34.3 Å². The number of alkyl halides is 2. The van der Waals surface area contributed by atoms with Gasteiger partial charge in [0.2, 0.25) is 5.13 Å². The van der Waals surface area contributed by atoms with Crippen LogP contribution < -0.4 is 20.7 Å². The van der Waals surface area contributed by atoms with Crippen molar-refractivity contribution in [1.82, 2.24) is 15.2 Å². The molecule has 0 radical (unpaired) electrons.